The molecule has 1 saturated carbocycles. The van der Waals surface area contributed by atoms with Crippen LogP contribution in [-0.4, -0.2) is 27.8 Å². The Morgan fingerprint density at radius 2 is 2.17 bits per heavy atom. The lowest BCUT2D eigenvalue weighted by molar-refractivity contribution is -0.122. The van der Waals surface area contributed by atoms with Crippen LogP contribution in [0.25, 0.3) is 0 Å². The summed E-state index contributed by atoms with van der Waals surface area (Å²) >= 11 is 0. The number of carbonyl (C=O) groups excluding carboxylic acids is 1. The van der Waals surface area contributed by atoms with Crippen LogP contribution < -0.4 is 10.6 Å². The van der Waals surface area contributed by atoms with Gasteiger partial charge in [-0.3, -0.25) is 9.48 Å². The topological polar surface area (TPSA) is 59.0 Å². The van der Waals surface area contributed by atoms with Crippen LogP contribution in [0, 0.1) is 0 Å². The molecule has 1 unspecified atom stereocenters. The fourth-order valence-corrected chi connectivity index (χ4v) is 2.38. The van der Waals surface area contributed by atoms with Gasteiger partial charge >= 0.3 is 0 Å². The van der Waals surface area contributed by atoms with Crippen LogP contribution in [0.2, 0.25) is 0 Å². The minimum atomic E-state index is -0.226. The van der Waals surface area contributed by atoms with Gasteiger partial charge in [-0.2, -0.15) is 5.10 Å². The van der Waals surface area contributed by atoms with Crippen molar-refractivity contribution in [1.82, 2.24) is 15.1 Å². The molecule has 1 fully saturated rings. The minimum Gasteiger partial charge on any atom is -0.371 e. The number of carbonyl (C=O) groups is 1. The first-order chi connectivity index (χ1) is 8.65. The molecule has 0 saturated heterocycles. The molecule has 5 heteroatoms. The van der Waals surface area contributed by atoms with Gasteiger partial charge in [0.15, 0.2) is 0 Å². The molecule has 100 valence electrons. The lowest BCUT2D eigenvalue weighted by atomic mass is 9.95. The molecule has 0 radical (unpaired) electrons. The molecule has 1 heterocycles. The van der Waals surface area contributed by atoms with Gasteiger partial charge in [0.25, 0.3) is 0 Å². The van der Waals surface area contributed by atoms with E-state index in [9.17, 15) is 4.79 Å². The third-order valence-corrected chi connectivity index (χ3v) is 3.43. The van der Waals surface area contributed by atoms with E-state index in [1.807, 2.05) is 20.2 Å². The van der Waals surface area contributed by atoms with Crippen LogP contribution in [-0.2, 0) is 11.8 Å². The van der Waals surface area contributed by atoms with Crippen LogP contribution in [0.1, 0.15) is 39.0 Å². The van der Waals surface area contributed by atoms with E-state index in [1.165, 1.54) is 19.3 Å². The van der Waals surface area contributed by atoms with E-state index in [0.29, 0.717) is 6.04 Å². The number of anilines is 1. The Kier molecular flexibility index (Phi) is 4.23. The molecule has 1 amide bonds. The predicted octanol–water partition coefficient (Wildman–Crippen LogP) is 1.67. The summed E-state index contributed by atoms with van der Waals surface area (Å²) < 4.78 is 1.72. The minimum absolute atomic E-state index is 0.0748. The molecule has 0 aliphatic heterocycles. The molecule has 0 bridgehead atoms. The molecule has 2 N–H and O–H groups in total. The summed E-state index contributed by atoms with van der Waals surface area (Å²) in [6, 6.07) is 0.139. The van der Waals surface area contributed by atoms with Crippen LogP contribution in [0.4, 0.5) is 5.69 Å². The summed E-state index contributed by atoms with van der Waals surface area (Å²) in [7, 11) is 1.86. The fraction of sp³-hybridized carbons (Fsp3) is 0.692. The molecule has 1 aromatic heterocycles. The Morgan fingerprint density at radius 3 is 2.78 bits per heavy atom. The molecule has 1 aliphatic rings. The highest BCUT2D eigenvalue weighted by atomic mass is 16.2. The summed E-state index contributed by atoms with van der Waals surface area (Å²) in [5, 5.41) is 10.3. The zero-order chi connectivity index (χ0) is 13.0. The zero-order valence-electron chi connectivity index (χ0n) is 11.1. The van der Waals surface area contributed by atoms with Crippen molar-refractivity contribution in [3.05, 3.63) is 12.4 Å². The third kappa shape index (κ3) is 3.48. The molecule has 1 aliphatic carbocycles. The maximum Gasteiger partial charge on any atom is 0.242 e. The lowest BCUT2D eigenvalue weighted by Crippen LogP contribution is -2.43. The van der Waals surface area contributed by atoms with Gasteiger partial charge in [-0.05, 0) is 19.8 Å². The van der Waals surface area contributed by atoms with Crippen LogP contribution in [0.5, 0.6) is 0 Å². The van der Waals surface area contributed by atoms with Crippen molar-refractivity contribution in [3.63, 3.8) is 0 Å². The normalized spacial score (nSPS) is 18.3. The second-order valence-electron chi connectivity index (χ2n) is 5.11. The third-order valence-electron chi connectivity index (χ3n) is 3.43. The Morgan fingerprint density at radius 1 is 1.44 bits per heavy atom. The van der Waals surface area contributed by atoms with Gasteiger partial charge in [0.1, 0.15) is 6.04 Å². The largest absolute Gasteiger partial charge is 0.371 e. The molecule has 1 aromatic rings. The van der Waals surface area contributed by atoms with Crippen molar-refractivity contribution < 1.29 is 4.79 Å². The Balaban J connectivity index is 1.80. The van der Waals surface area contributed by atoms with Crippen molar-refractivity contribution in [1.29, 1.82) is 0 Å². The Bertz CT molecular complexity index is 395. The number of nitrogens with one attached hydrogen (secondary N) is 2. The van der Waals surface area contributed by atoms with Crippen molar-refractivity contribution in [2.45, 2.75) is 51.1 Å². The predicted molar refractivity (Wildman–Crippen MR) is 71.3 cm³/mol. The summed E-state index contributed by atoms with van der Waals surface area (Å²) in [6.45, 7) is 1.88. The Hall–Kier alpha value is -1.52. The number of aromatic nitrogens is 2. The first-order valence-electron chi connectivity index (χ1n) is 6.70. The van der Waals surface area contributed by atoms with E-state index in [-0.39, 0.29) is 11.9 Å². The van der Waals surface area contributed by atoms with Gasteiger partial charge in [0.2, 0.25) is 5.91 Å². The summed E-state index contributed by atoms with van der Waals surface area (Å²) in [4.78, 5) is 12.0. The maximum absolute atomic E-state index is 12.0. The van der Waals surface area contributed by atoms with Crippen LogP contribution in [0.3, 0.4) is 0 Å². The number of amides is 1. The molecule has 0 aromatic carbocycles. The summed E-state index contributed by atoms with van der Waals surface area (Å²) in [5.74, 6) is 0.0748. The highest BCUT2D eigenvalue weighted by Crippen LogP contribution is 2.17. The van der Waals surface area contributed by atoms with Crippen molar-refractivity contribution >= 4 is 11.6 Å². The molecule has 0 spiro atoms. The van der Waals surface area contributed by atoms with Gasteiger partial charge in [-0.1, -0.05) is 19.3 Å². The van der Waals surface area contributed by atoms with Crippen molar-refractivity contribution in [2.24, 2.45) is 7.05 Å². The van der Waals surface area contributed by atoms with E-state index in [1.54, 1.807) is 10.9 Å². The first-order valence-corrected chi connectivity index (χ1v) is 6.70. The van der Waals surface area contributed by atoms with E-state index < -0.39 is 0 Å². The lowest BCUT2D eigenvalue weighted by Gasteiger charge is -2.24. The van der Waals surface area contributed by atoms with Crippen molar-refractivity contribution in [2.75, 3.05) is 5.32 Å². The number of hydrogen-bond acceptors (Lipinski definition) is 3. The quantitative estimate of drug-likeness (QED) is 0.854. The van der Waals surface area contributed by atoms with E-state index in [2.05, 4.69) is 15.7 Å². The molecule has 5 nitrogen and oxygen atoms in total. The zero-order valence-corrected chi connectivity index (χ0v) is 11.1. The molecule has 2 rings (SSSR count). The average molecular weight is 250 g/mol. The molecule has 18 heavy (non-hydrogen) atoms. The van der Waals surface area contributed by atoms with Gasteiger partial charge in [-0.15, -0.1) is 0 Å². The van der Waals surface area contributed by atoms with Gasteiger partial charge in [0.05, 0.1) is 11.9 Å². The SMILES string of the molecule is CC(Nc1cnn(C)c1)C(=O)NC1CCCCC1. The highest BCUT2D eigenvalue weighted by Gasteiger charge is 2.19. The number of rotatable bonds is 4. The molecule has 1 atom stereocenters. The number of aryl methyl sites for hydroxylation is 1. The fourth-order valence-electron chi connectivity index (χ4n) is 2.38. The van der Waals surface area contributed by atoms with Gasteiger partial charge in [-0.25, -0.2) is 0 Å². The van der Waals surface area contributed by atoms with Crippen LogP contribution in [0.15, 0.2) is 12.4 Å². The number of nitrogens with zero attached hydrogens (tertiary/aromatic N) is 2. The molecular weight excluding hydrogens is 228 g/mol. The van der Waals surface area contributed by atoms with E-state index in [4.69, 9.17) is 0 Å². The Labute approximate surface area is 108 Å². The second kappa shape index (κ2) is 5.89. The summed E-state index contributed by atoms with van der Waals surface area (Å²) in [5.41, 5.74) is 0.879. The van der Waals surface area contributed by atoms with Crippen molar-refractivity contribution in [3.8, 4) is 0 Å². The first kappa shape index (κ1) is 12.9. The van der Waals surface area contributed by atoms with Gasteiger partial charge < -0.3 is 10.6 Å². The molecular formula is C13H22N4O. The van der Waals surface area contributed by atoms with Gasteiger partial charge in [0, 0.05) is 19.3 Å². The van der Waals surface area contributed by atoms with Crippen LogP contribution >= 0.6 is 0 Å². The van der Waals surface area contributed by atoms with E-state index >= 15 is 0 Å². The monoisotopic (exact) mass is 250 g/mol. The van der Waals surface area contributed by atoms with E-state index in [0.717, 1.165) is 18.5 Å². The highest BCUT2D eigenvalue weighted by molar-refractivity contribution is 5.84. The average Bonchev–Trinajstić information content (AvgIpc) is 2.76. The second-order valence-corrected chi connectivity index (χ2v) is 5.11. The summed E-state index contributed by atoms with van der Waals surface area (Å²) in [6.07, 6.45) is 9.59. The maximum atomic E-state index is 12.0. The number of hydrogen-bond donors (Lipinski definition) is 2. The smallest absolute Gasteiger partial charge is 0.242 e. The standard InChI is InChI=1S/C13H22N4O/c1-10(15-12-8-14-17(2)9-12)13(18)16-11-6-4-3-5-7-11/h8-11,15H,3-7H2,1-2H3,(H,16,18).